The highest BCUT2D eigenvalue weighted by molar-refractivity contribution is 7.91. The summed E-state index contributed by atoms with van der Waals surface area (Å²) < 4.78 is 24.2. The van der Waals surface area contributed by atoms with Crippen LogP contribution in [0.25, 0.3) is 0 Å². The van der Waals surface area contributed by atoms with Gasteiger partial charge in [-0.15, -0.1) is 0 Å². The zero-order valence-corrected chi connectivity index (χ0v) is 12.1. The van der Waals surface area contributed by atoms with Crippen LogP contribution in [0.1, 0.15) is 32.3 Å². The van der Waals surface area contributed by atoms with Crippen LogP contribution in [-0.4, -0.2) is 25.2 Å². The van der Waals surface area contributed by atoms with E-state index in [1.54, 1.807) is 24.3 Å². The van der Waals surface area contributed by atoms with Crippen molar-refractivity contribution in [3.63, 3.8) is 0 Å². The fourth-order valence-electron chi connectivity index (χ4n) is 1.70. The molecule has 0 amide bonds. The Morgan fingerprint density at radius 2 is 1.84 bits per heavy atom. The van der Waals surface area contributed by atoms with E-state index in [4.69, 9.17) is 5.11 Å². The molecule has 0 saturated carbocycles. The van der Waals surface area contributed by atoms with Crippen LogP contribution < -0.4 is 0 Å². The van der Waals surface area contributed by atoms with Gasteiger partial charge in [0, 0.05) is 6.42 Å². The van der Waals surface area contributed by atoms with Gasteiger partial charge >= 0.3 is 5.97 Å². The summed E-state index contributed by atoms with van der Waals surface area (Å²) in [5.41, 5.74) is 0.838. The summed E-state index contributed by atoms with van der Waals surface area (Å²) in [5.74, 6) is -0.567. The summed E-state index contributed by atoms with van der Waals surface area (Å²) in [6.45, 7) is 3.88. The number of carboxylic acid groups (broad SMARTS) is 1. The fraction of sp³-hybridized carbons (Fsp3) is 0.500. The van der Waals surface area contributed by atoms with E-state index in [0.29, 0.717) is 11.3 Å². The van der Waals surface area contributed by atoms with Crippen molar-refractivity contribution in [2.45, 2.75) is 38.0 Å². The minimum absolute atomic E-state index is 0.0545. The van der Waals surface area contributed by atoms with Gasteiger partial charge in [-0.05, 0) is 30.0 Å². The largest absolute Gasteiger partial charge is 0.481 e. The number of carboxylic acids is 1. The van der Waals surface area contributed by atoms with Gasteiger partial charge in [0.25, 0.3) is 0 Å². The van der Waals surface area contributed by atoms with Gasteiger partial charge in [0.2, 0.25) is 0 Å². The van der Waals surface area contributed by atoms with Gasteiger partial charge < -0.3 is 5.11 Å². The quantitative estimate of drug-likeness (QED) is 0.835. The van der Waals surface area contributed by atoms with E-state index >= 15 is 0 Å². The molecule has 1 aromatic rings. The first kappa shape index (κ1) is 15.7. The molecule has 0 radical (unpaired) electrons. The van der Waals surface area contributed by atoms with Crippen LogP contribution in [0.3, 0.4) is 0 Å². The standard InChI is InChI=1S/C14H20O4S/c1-3-11(2)10-19(17,18)13-7-4-12(5-8-13)6-9-14(15)16/h4-5,7-8,11H,3,6,9-10H2,1-2H3,(H,15,16). The van der Waals surface area contributed by atoms with Gasteiger partial charge in [-0.2, -0.15) is 0 Å². The molecule has 0 heterocycles. The SMILES string of the molecule is CCC(C)CS(=O)(=O)c1ccc(CCC(=O)O)cc1. The monoisotopic (exact) mass is 284 g/mol. The predicted molar refractivity (Wildman–Crippen MR) is 73.9 cm³/mol. The normalized spacial score (nSPS) is 13.2. The molecular formula is C14H20O4S. The van der Waals surface area contributed by atoms with E-state index in [-0.39, 0.29) is 18.1 Å². The molecule has 4 nitrogen and oxygen atoms in total. The first-order valence-electron chi connectivity index (χ1n) is 6.38. The molecule has 0 aliphatic heterocycles. The highest BCUT2D eigenvalue weighted by Crippen LogP contribution is 2.17. The van der Waals surface area contributed by atoms with E-state index in [1.807, 2.05) is 13.8 Å². The Hall–Kier alpha value is -1.36. The highest BCUT2D eigenvalue weighted by Gasteiger charge is 2.17. The van der Waals surface area contributed by atoms with Crippen LogP contribution in [0.5, 0.6) is 0 Å². The molecule has 1 rings (SSSR count). The average molecular weight is 284 g/mol. The fourth-order valence-corrected chi connectivity index (χ4v) is 3.43. The van der Waals surface area contributed by atoms with Crippen LogP contribution in [0, 0.1) is 5.92 Å². The number of carbonyl (C=O) groups is 1. The maximum Gasteiger partial charge on any atom is 0.303 e. The minimum atomic E-state index is -3.24. The molecule has 1 unspecified atom stereocenters. The van der Waals surface area contributed by atoms with E-state index in [9.17, 15) is 13.2 Å². The van der Waals surface area contributed by atoms with Gasteiger partial charge in [-0.1, -0.05) is 32.4 Å². The van der Waals surface area contributed by atoms with Crippen molar-refractivity contribution in [2.75, 3.05) is 5.75 Å². The molecule has 0 aromatic heterocycles. The summed E-state index contributed by atoms with van der Waals surface area (Å²) in [6, 6.07) is 6.50. The number of sulfone groups is 1. The maximum absolute atomic E-state index is 12.1. The molecule has 0 bridgehead atoms. The molecule has 5 heteroatoms. The van der Waals surface area contributed by atoms with Crippen molar-refractivity contribution in [1.82, 2.24) is 0 Å². The second-order valence-electron chi connectivity index (χ2n) is 4.83. The van der Waals surface area contributed by atoms with Gasteiger partial charge in [-0.3, -0.25) is 4.79 Å². The zero-order chi connectivity index (χ0) is 14.5. The summed E-state index contributed by atoms with van der Waals surface area (Å²) in [4.78, 5) is 10.8. The molecule has 1 aromatic carbocycles. The van der Waals surface area contributed by atoms with Crippen molar-refractivity contribution >= 4 is 15.8 Å². The van der Waals surface area contributed by atoms with Crippen LogP contribution in [0.4, 0.5) is 0 Å². The number of rotatable bonds is 7. The number of hydrogen-bond acceptors (Lipinski definition) is 3. The Balaban J connectivity index is 2.77. The molecule has 0 saturated heterocycles. The first-order chi connectivity index (χ1) is 8.85. The Bertz CT molecular complexity index is 517. The lowest BCUT2D eigenvalue weighted by Gasteiger charge is -2.10. The van der Waals surface area contributed by atoms with Gasteiger partial charge in [0.05, 0.1) is 10.6 Å². The summed E-state index contributed by atoms with van der Waals surface area (Å²) >= 11 is 0. The molecule has 1 atom stereocenters. The lowest BCUT2D eigenvalue weighted by molar-refractivity contribution is -0.136. The third-order valence-electron chi connectivity index (χ3n) is 3.11. The number of hydrogen-bond donors (Lipinski definition) is 1. The second-order valence-corrected chi connectivity index (χ2v) is 6.87. The Labute approximate surface area is 114 Å². The van der Waals surface area contributed by atoms with Crippen molar-refractivity contribution < 1.29 is 18.3 Å². The van der Waals surface area contributed by atoms with Gasteiger partial charge in [0.15, 0.2) is 9.84 Å². The number of benzene rings is 1. The van der Waals surface area contributed by atoms with Crippen molar-refractivity contribution in [3.8, 4) is 0 Å². The molecule has 0 aliphatic rings. The van der Waals surface area contributed by atoms with Gasteiger partial charge in [0.1, 0.15) is 0 Å². The highest BCUT2D eigenvalue weighted by atomic mass is 32.2. The van der Waals surface area contributed by atoms with Crippen LogP contribution in [0.2, 0.25) is 0 Å². The molecule has 1 N–H and O–H groups in total. The zero-order valence-electron chi connectivity index (χ0n) is 11.3. The lowest BCUT2D eigenvalue weighted by Crippen LogP contribution is -2.13. The van der Waals surface area contributed by atoms with Crippen molar-refractivity contribution in [2.24, 2.45) is 5.92 Å². The third-order valence-corrected chi connectivity index (χ3v) is 5.11. The maximum atomic E-state index is 12.1. The van der Waals surface area contributed by atoms with E-state index in [0.717, 1.165) is 12.0 Å². The van der Waals surface area contributed by atoms with Crippen molar-refractivity contribution in [1.29, 1.82) is 0 Å². The smallest absolute Gasteiger partial charge is 0.303 e. The third kappa shape index (κ3) is 5.03. The lowest BCUT2D eigenvalue weighted by atomic mass is 10.1. The number of aryl methyl sites for hydroxylation is 1. The molecule has 106 valence electrons. The Morgan fingerprint density at radius 1 is 1.26 bits per heavy atom. The van der Waals surface area contributed by atoms with Crippen LogP contribution >= 0.6 is 0 Å². The molecule has 0 aliphatic carbocycles. The van der Waals surface area contributed by atoms with E-state index < -0.39 is 15.8 Å². The number of aliphatic carboxylic acids is 1. The molecule has 19 heavy (non-hydrogen) atoms. The topological polar surface area (TPSA) is 71.4 Å². The van der Waals surface area contributed by atoms with E-state index in [2.05, 4.69) is 0 Å². The molecule has 0 spiro atoms. The Kier molecular flexibility index (Phi) is 5.54. The summed E-state index contributed by atoms with van der Waals surface area (Å²) in [5, 5.41) is 8.59. The summed E-state index contributed by atoms with van der Waals surface area (Å²) in [7, 11) is -3.24. The second kappa shape index (κ2) is 6.70. The minimum Gasteiger partial charge on any atom is -0.481 e. The van der Waals surface area contributed by atoms with E-state index in [1.165, 1.54) is 0 Å². The summed E-state index contributed by atoms with van der Waals surface area (Å²) in [6.07, 6.45) is 1.30. The molecule has 0 fully saturated rings. The predicted octanol–water partition coefficient (Wildman–Crippen LogP) is 2.52. The average Bonchev–Trinajstić information content (AvgIpc) is 2.36. The van der Waals surface area contributed by atoms with Crippen LogP contribution in [0.15, 0.2) is 29.2 Å². The first-order valence-corrected chi connectivity index (χ1v) is 8.04. The molecular weight excluding hydrogens is 264 g/mol. The van der Waals surface area contributed by atoms with Crippen LogP contribution in [-0.2, 0) is 21.1 Å². The van der Waals surface area contributed by atoms with Gasteiger partial charge in [-0.25, -0.2) is 8.42 Å². The van der Waals surface area contributed by atoms with Crippen molar-refractivity contribution in [3.05, 3.63) is 29.8 Å². The Morgan fingerprint density at radius 3 is 2.32 bits per heavy atom.